The van der Waals surface area contributed by atoms with Crippen molar-refractivity contribution >= 4 is 17.8 Å². The molecule has 2 heterocycles. The molecule has 23 heavy (non-hydrogen) atoms. The summed E-state index contributed by atoms with van der Waals surface area (Å²) >= 11 is 0. The van der Waals surface area contributed by atoms with E-state index in [-0.39, 0.29) is 23.4 Å². The number of nitrogens with zero attached hydrogens (tertiary/aromatic N) is 1. The standard InChI is InChI=1S/C18H13NO4/c20-17-14-4-3-13(22-18(21)12-1-2-12)10-15(14)23-16(17)9-11-5-7-19-8-6-11/h3-10,12H,1-2H2. The summed E-state index contributed by atoms with van der Waals surface area (Å²) in [5.41, 5.74) is 1.30. The van der Waals surface area contributed by atoms with Crippen LogP contribution < -0.4 is 9.47 Å². The van der Waals surface area contributed by atoms with Crippen LogP contribution in [-0.4, -0.2) is 16.7 Å². The van der Waals surface area contributed by atoms with Gasteiger partial charge in [0, 0.05) is 18.5 Å². The zero-order valence-electron chi connectivity index (χ0n) is 12.2. The molecule has 5 heteroatoms. The molecular formula is C18H13NO4. The molecule has 0 spiro atoms. The molecule has 0 N–H and O–H groups in total. The lowest BCUT2D eigenvalue weighted by molar-refractivity contribution is -0.135. The predicted molar refractivity (Wildman–Crippen MR) is 82.0 cm³/mol. The molecule has 2 aliphatic rings. The number of pyridine rings is 1. The Morgan fingerprint density at radius 3 is 2.74 bits per heavy atom. The molecule has 1 aromatic carbocycles. The first-order valence-corrected chi connectivity index (χ1v) is 7.41. The fourth-order valence-corrected chi connectivity index (χ4v) is 2.36. The van der Waals surface area contributed by atoms with E-state index >= 15 is 0 Å². The van der Waals surface area contributed by atoms with E-state index in [0.717, 1.165) is 18.4 Å². The Morgan fingerprint density at radius 2 is 2.00 bits per heavy atom. The Balaban J connectivity index is 1.58. The van der Waals surface area contributed by atoms with Crippen LogP contribution in [0.3, 0.4) is 0 Å². The van der Waals surface area contributed by atoms with Gasteiger partial charge in [-0.3, -0.25) is 14.6 Å². The number of carbonyl (C=O) groups is 2. The van der Waals surface area contributed by atoms with Crippen LogP contribution in [-0.2, 0) is 4.79 Å². The summed E-state index contributed by atoms with van der Waals surface area (Å²) < 4.78 is 10.9. The summed E-state index contributed by atoms with van der Waals surface area (Å²) in [6.45, 7) is 0. The first-order chi connectivity index (χ1) is 11.2. The zero-order valence-corrected chi connectivity index (χ0v) is 12.2. The number of Topliss-reactive ketones (excluding diaryl/α,β-unsaturated/α-hetero) is 1. The smallest absolute Gasteiger partial charge is 0.314 e. The normalized spacial score (nSPS) is 17.7. The van der Waals surface area contributed by atoms with Crippen molar-refractivity contribution in [2.24, 2.45) is 5.92 Å². The van der Waals surface area contributed by atoms with Crippen LogP contribution in [0.2, 0.25) is 0 Å². The second-order valence-corrected chi connectivity index (χ2v) is 5.57. The van der Waals surface area contributed by atoms with Crippen LogP contribution in [0.25, 0.3) is 6.08 Å². The molecule has 0 unspecified atom stereocenters. The second kappa shape index (κ2) is 5.35. The molecule has 5 nitrogen and oxygen atoms in total. The number of rotatable bonds is 3. The number of ether oxygens (including phenoxy) is 2. The van der Waals surface area contributed by atoms with E-state index in [1.165, 1.54) is 0 Å². The molecule has 1 aliphatic carbocycles. The van der Waals surface area contributed by atoms with Crippen LogP contribution >= 0.6 is 0 Å². The minimum Gasteiger partial charge on any atom is -0.452 e. The number of carbonyl (C=O) groups excluding carboxylic acids is 2. The van der Waals surface area contributed by atoms with Crippen molar-refractivity contribution in [2.45, 2.75) is 12.8 Å². The van der Waals surface area contributed by atoms with Gasteiger partial charge in [-0.2, -0.15) is 0 Å². The minimum atomic E-state index is -0.221. The summed E-state index contributed by atoms with van der Waals surface area (Å²) in [4.78, 5) is 28.0. The van der Waals surface area contributed by atoms with Crippen molar-refractivity contribution in [3.8, 4) is 11.5 Å². The number of allylic oxidation sites excluding steroid dienone is 1. The highest BCUT2D eigenvalue weighted by molar-refractivity contribution is 6.14. The lowest BCUT2D eigenvalue weighted by atomic mass is 10.1. The second-order valence-electron chi connectivity index (χ2n) is 5.57. The van der Waals surface area contributed by atoms with E-state index in [1.807, 2.05) is 0 Å². The molecule has 0 saturated heterocycles. The van der Waals surface area contributed by atoms with Crippen molar-refractivity contribution in [1.82, 2.24) is 4.98 Å². The molecule has 1 aliphatic heterocycles. The highest BCUT2D eigenvalue weighted by atomic mass is 16.5. The highest BCUT2D eigenvalue weighted by Gasteiger charge is 2.32. The number of ketones is 1. The largest absolute Gasteiger partial charge is 0.452 e. The Morgan fingerprint density at radius 1 is 1.22 bits per heavy atom. The van der Waals surface area contributed by atoms with Crippen LogP contribution in [0.4, 0.5) is 0 Å². The van der Waals surface area contributed by atoms with Gasteiger partial charge < -0.3 is 9.47 Å². The highest BCUT2D eigenvalue weighted by Crippen LogP contribution is 2.36. The van der Waals surface area contributed by atoms with Crippen molar-refractivity contribution < 1.29 is 19.1 Å². The minimum absolute atomic E-state index is 0.0213. The molecule has 1 aromatic heterocycles. The van der Waals surface area contributed by atoms with Crippen molar-refractivity contribution in [3.05, 3.63) is 59.6 Å². The zero-order chi connectivity index (χ0) is 15.8. The Hall–Kier alpha value is -2.95. The Labute approximate surface area is 132 Å². The maximum Gasteiger partial charge on any atom is 0.314 e. The topological polar surface area (TPSA) is 65.5 Å². The third kappa shape index (κ3) is 2.73. The summed E-state index contributed by atoms with van der Waals surface area (Å²) in [6, 6.07) is 8.40. The van der Waals surface area contributed by atoms with Gasteiger partial charge in [0.2, 0.25) is 5.78 Å². The first-order valence-electron chi connectivity index (χ1n) is 7.41. The van der Waals surface area contributed by atoms with Gasteiger partial charge in [0.05, 0.1) is 11.5 Å². The van der Waals surface area contributed by atoms with Crippen molar-refractivity contribution in [1.29, 1.82) is 0 Å². The van der Waals surface area contributed by atoms with Gasteiger partial charge in [-0.25, -0.2) is 0 Å². The van der Waals surface area contributed by atoms with Crippen LogP contribution in [0.1, 0.15) is 28.8 Å². The number of hydrogen-bond donors (Lipinski definition) is 0. The average molecular weight is 307 g/mol. The summed E-state index contributed by atoms with van der Waals surface area (Å²) in [5.74, 6) is 0.679. The number of benzene rings is 1. The first kappa shape index (κ1) is 13.7. The Bertz CT molecular complexity index is 822. The van der Waals surface area contributed by atoms with Gasteiger partial charge >= 0.3 is 5.97 Å². The van der Waals surface area contributed by atoms with E-state index in [9.17, 15) is 9.59 Å². The molecule has 1 saturated carbocycles. The van der Waals surface area contributed by atoms with E-state index in [0.29, 0.717) is 17.1 Å². The van der Waals surface area contributed by atoms with Crippen molar-refractivity contribution in [3.63, 3.8) is 0 Å². The summed E-state index contributed by atoms with van der Waals surface area (Å²) in [5, 5.41) is 0. The van der Waals surface area contributed by atoms with Crippen molar-refractivity contribution in [2.75, 3.05) is 0 Å². The van der Waals surface area contributed by atoms with Gasteiger partial charge in [-0.05, 0) is 48.7 Å². The van der Waals surface area contributed by atoms with E-state index < -0.39 is 0 Å². The van der Waals surface area contributed by atoms with Gasteiger partial charge in [0.25, 0.3) is 0 Å². The van der Waals surface area contributed by atoms with Crippen LogP contribution in [0.5, 0.6) is 11.5 Å². The number of aromatic nitrogens is 1. The van der Waals surface area contributed by atoms with Crippen LogP contribution in [0, 0.1) is 5.92 Å². The predicted octanol–water partition coefficient (Wildman–Crippen LogP) is 3.01. The lowest BCUT2D eigenvalue weighted by Crippen LogP contribution is -2.09. The maximum absolute atomic E-state index is 12.3. The number of esters is 1. The average Bonchev–Trinajstić information content (AvgIpc) is 3.36. The molecule has 0 radical (unpaired) electrons. The fourth-order valence-electron chi connectivity index (χ4n) is 2.36. The van der Waals surface area contributed by atoms with E-state index in [4.69, 9.17) is 9.47 Å². The Kier molecular flexibility index (Phi) is 3.19. The molecule has 1 fully saturated rings. The number of hydrogen-bond acceptors (Lipinski definition) is 5. The SMILES string of the molecule is O=C1C(=Cc2ccncc2)Oc2cc(OC(=O)C3CC3)ccc21. The third-order valence-electron chi connectivity index (χ3n) is 3.77. The van der Waals surface area contributed by atoms with Gasteiger partial charge in [-0.15, -0.1) is 0 Å². The molecule has 2 aromatic rings. The van der Waals surface area contributed by atoms with E-state index in [2.05, 4.69) is 4.98 Å². The molecule has 114 valence electrons. The lowest BCUT2D eigenvalue weighted by Gasteiger charge is -2.04. The quantitative estimate of drug-likeness (QED) is 0.495. The maximum atomic E-state index is 12.3. The molecule has 0 amide bonds. The molecule has 4 rings (SSSR count). The number of fused-ring (bicyclic) bond motifs is 1. The van der Waals surface area contributed by atoms with Gasteiger partial charge in [0.1, 0.15) is 11.5 Å². The van der Waals surface area contributed by atoms with Gasteiger partial charge in [0.15, 0.2) is 5.76 Å². The fraction of sp³-hybridized carbons (Fsp3) is 0.167. The summed E-state index contributed by atoms with van der Waals surface area (Å²) in [7, 11) is 0. The monoisotopic (exact) mass is 307 g/mol. The molecule has 0 atom stereocenters. The molecular weight excluding hydrogens is 294 g/mol. The van der Waals surface area contributed by atoms with E-state index in [1.54, 1.807) is 48.8 Å². The van der Waals surface area contributed by atoms with Gasteiger partial charge in [-0.1, -0.05) is 0 Å². The summed E-state index contributed by atoms with van der Waals surface area (Å²) in [6.07, 6.45) is 6.73. The van der Waals surface area contributed by atoms with Crippen LogP contribution in [0.15, 0.2) is 48.5 Å². The third-order valence-corrected chi connectivity index (χ3v) is 3.77. The molecule has 0 bridgehead atoms.